The van der Waals surface area contributed by atoms with E-state index in [4.69, 9.17) is 0 Å². The third kappa shape index (κ3) is 2.70. The number of nitrogens with zero attached hydrogens (tertiary/aromatic N) is 2. The summed E-state index contributed by atoms with van der Waals surface area (Å²) in [6.45, 7) is 9.99. The summed E-state index contributed by atoms with van der Waals surface area (Å²) in [6.07, 6.45) is 8.18. The van der Waals surface area contributed by atoms with E-state index in [9.17, 15) is 4.79 Å². The van der Waals surface area contributed by atoms with E-state index in [2.05, 4.69) is 23.4 Å². The molecule has 3 nitrogen and oxygen atoms in total. The van der Waals surface area contributed by atoms with Crippen molar-refractivity contribution >= 4 is 12.1 Å². The van der Waals surface area contributed by atoms with E-state index in [1.165, 1.54) is 12.8 Å². The Labute approximate surface area is 115 Å². The maximum absolute atomic E-state index is 11.2. The average Bonchev–Trinajstić information content (AvgIpc) is 2.36. The van der Waals surface area contributed by atoms with Crippen LogP contribution < -0.4 is 4.90 Å². The van der Waals surface area contributed by atoms with Crippen molar-refractivity contribution in [2.45, 2.75) is 33.1 Å². The summed E-state index contributed by atoms with van der Waals surface area (Å²) >= 11 is 0. The summed E-state index contributed by atoms with van der Waals surface area (Å²) in [5.74, 6) is 0.830. The molecule has 102 valence electrons. The fourth-order valence-corrected chi connectivity index (χ4v) is 3.07. The Kier molecular flexibility index (Phi) is 4.03. The van der Waals surface area contributed by atoms with Gasteiger partial charge >= 0.3 is 0 Å². The molecule has 0 unspecified atom stereocenters. The van der Waals surface area contributed by atoms with Crippen molar-refractivity contribution in [2.75, 3.05) is 18.0 Å². The first-order chi connectivity index (χ1) is 9.14. The molecule has 1 aliphatic heterocycles. The summed E-state index contributed by atoms with van der Waals surface area (Å²) in [6, 6.07) is 1.91. The molecule has 2 rings (SSSR count). The van der Waals surface area contributed by atoms with Gasteiger partial charge in [0.15, 0.2) is 6.29 Å². The highest BCUT2D eigenvalue weighted by Crippen LogP contribution is 2.41. The Bertz CT molecular complexity index is 476. The second kappa shape index (κ2) is 5.55. The number of rotatable bonds is 6. The summed E-state index contributed by atoms with van der Waals surface area (Å²) in [5.41, 5.74) is 2.06. The minimum atomic E-state index is 0.337. The van der Waals surface area contributed by atoms with Gasteiger partial charge in [0.1, 0.15) is 5.82 Å². The smallest absolute Gasteiger partial charge is 0.153 e. The number of hydrogen-bond acceptors (Lipinski definition) is 3. The molecule has 0 bridgehead atoms. The van der Waals surface area contributed by atoms with Crippen molar-refractivity contribution in [1.82, 2.24) is 4.98 Å². The zero-order valence-corrected chi connectivity index (χ0v) is 11.9. The maximum Gasteiger partial charge on any atom is 0.153 e. The molecule has 0 radical (unpaired) electrons. The molecular weight excluding hydrogens is 236 g/mol. The molecule has 1 aromatic heterocycles. The lowest BCUT2D eigenvalue weighted by molar-refractivity contribution is 0.112. The van der Waals surface area contributed by atoms with Crippen LogP contribution in [0.4, 0.5) is 5.82 Å². The van der Waals surface area contributed by atoms with Crippen LogP contribution in [0.3, 0.4) is 0 Å². The van der Waals surface area contributed by atoms with Gasteiger partial charge in [-0.05, 0) is 31.4 Å². The lowest BCUT2D eigenvalue weighted by Gasteiger charge is -2.51. The number of aldehydes is 1. The van der Waals surface area contributed by atoms with Crippen LogP contribution in [0, 0.1) is 12.3 Å². The molecule has 1 aliphatic rings. The fraction of sp³-hybridized carbons (Fsp3) is 0.500. The molecule has 3 heteroatoms. The van der Waals surface area contributed by atoms with E-state index >= 15 is 0 Å². The van der Waals surface area contributed by atoms with Gasteiger partial charge in [-0.25, -0.2) is 4.98 Å². The Balaban J connectivity index is 2.14. The van der Waals surface area contributed by atoms with Gasteiger partial charge in [-0.3, -0.25) is 4.79 Å². The fourth-order valence-electron chi connectivity index (χ4n) is 3.07. The van der Waals surface area contributed by atoms with Crippen molar-refractivity contribution in [3.05, 3.63) is 36.0 Å². The number of aryl methyl sites for hydroxylation is 1. The van der Waals surface area contributed by atoms with E-state index in [0.29, 0.717) is 11.0 Å². The second-order valence-electron chi connectivity index (χ2n) is 5.64. The zero-order chi connectivity index (χ0) is 13.9. The average molecular weight is 258 g/mol. The van der Waals surface area contributed by atoms with Crippen molar-refractivity contribution in [3.63, 3.8) is 0 Å². The van der Waals surface area contributed by atoms with Crippen LogP contribution in [-0.4, -0.2) is 24.4 Å². The SMILES string of the molecule is C=CCC1(CCC)CN(c2ncc(C)cc2C=O)C1. The molecule has 0 aromatic carbocycles. The first kappa shape index (κ1) is 13.8. The molecule has 1 saturated heterocycles. The highest BCUT2D eigenvalue weighted by atomic mass is 16.1. The number of pyridine rings is 1. The third-order valence-corrected chi connectivity index (χ3v) is 3.87. The van der Waals surface area contributed by atoms with E-state index in [-0.39, 0.29) is 0 Å². The first-order valence-corrected chi connectivity index (χ1v) is 6.92. The van der Waals surface area contributed by atoms with Crippen LogP contribution in [0.5, 0.6) is 0 Å². The lowest BCUT2D eigenvalue weighted by Crippen LogP contribution is -2.56. The topological polar surface area (TPSA) is 33.2 Å². The molecule has 1 fully saturated rings. The predicted molar refractivity (Wildman–Crippen MR) is 78.7 cm³/mol. The van der Waals surface area contributed by atoms with Crippen molar-refractivity contribution in [3.8, 4) is 0 Å². The second-order valence-corrected chi connectivity index (χ2v) is 5.64. The van der Waals surface area contributed by atoms with Crippen LogP contribution in [-0.2, 0) is 0 Å². The highest BCUT2D eigenvalue weighted by Gasteiger charge is 2.42. The number of carbonyl (C=O) groups excluding carboxylic acids is 1. The van der Waals surface area contributed by atoms with Gasteiger partial charge in [0.2, 0.25) is 0 Å². The molecule has 0 spiro atoms. The van der Waals surface area contributed by atoms with Gasteiger partial charge in [-0.15, -0.1) is 6.58 Å². The minimum absolute atomic E-state index is 0.337. The van der Waals surface area contributed by atoms with Crippen LogP contribution in [0.2, 0.25) is 0 Å². The summed E-state index contributed by atoms with van der Waals surface area (Å²) in [5, 5.41) is 0. The van der Waals surface area contributed by atoms with E-state index in [1.54, 1.807) is 0 Å². The Morgan fingerprint density at radius 3 is 2.84 bits per heavy atom. The third-order valence-electron chi connectivity index (χ3n) is 3.87. The van der Waals surface area contributed by atoms with E-state index in [1.807, 2.05) is 25.3 Å². The van der Waals surface area contributed by atoms with Gasteiger partial charge < -0.3 is 4.90 Å². The lowest BCUT2D eigenvalue weighted by atomic mass is 9.73. The number of carbonyl (C=O) groups is 1. The number of aromatic nitrogens is 1. The predicted octanol–water partition coefficient (Wildman–Crippen LogP) is 3.39. The molecule has 2 heterocycles. The summed E-state index contributed by atoms with van der Waals surface area (Å²) in [7, 11) is 0. The summed E-state index contributed by atoms with van der Waals surface area (Å²) in [4.78, 5) is 17.8. The molecular formula is C16H22N2O. The van der Waals surface area contributed by atoms with E-state index < -0.39 is 0 Å². The minimum Gasteiger partial charge on any atom is -0.355 e. The van der Waals surface area contributed by atoms with Crippen molar-refractivity contribution in [1.29, 1.82) is 0 Å². The van der Waals surface area contributed by atoms with Gasteiger partial charge in [-0.1, -0.05) is 19.4 Å². The maximum atomic E-state index is 11.2. The quantitative estimate of drug-likeness (QED) is 0.579. The highest BCUT2D eigenvalue weighted by molar-refractivity contribution is 5.83. The van der Waals surface area contributed by atoms with Crippen LogP contribution >= 0.6 is 0 Å². The normalized spacial score (nSPS) is 16.8. The largest absolute Gasteiger partial charge is 0.355 e. The van der Waals surface area contributed by atoms with Gasteiger partial charge in [0.05, 0.1) is 5.56 Å². The Morgan fingerprint density at radius 1 is 1.53 bits per heavy atom. The molecule has 19 heavy (non-hydrogen) atoms. The van der Waals surface area contributed by atoms with Gasteiger partial charge in [-0.2, -0.15) is 0 Å². The van der Waals surface area contributed by atoms with Gasteiger partial charge in [0, 0.05) is 24.7 Å². The van der Waals surface area contributed by atoms with Crippen LogP contribution in [0.1, 0.15) is 42.1 Å². The number of anilines is 1. The molecule has 0 N–H and O–H groups in total. The Morgan fingerprint density at radius 2 is 2.26 bits per heavy atom. The van der Waals surface area contributed by atoms with Crippen molar-refractivity contribution in [2.24, 2.45) is 5.41 Å². The molecule has 0 saturated carbocycles. The Hall–Kier alpha value is -1.64. The standard InChI is InChI=1S/C16H22N2O/c1-4-6-16(7-5-2)11-18(12-16)15-14(10-19)8-13(3)9-17-15/h4,8-10H,1,5-7,11-12H2,2-3H3. The monoisotopic (exact) mass is 258 g/mol. The van der Waals surface area contributed by atoms with Crippen LogP contribution in [0.15, 0.2) is 24.9 Å². The number of hydrogen-bond donors (Lipinski definition) is 0. The van der Waals surface area contributed by atoms with Crippen molar-refractivity contribution < 1.29 is 4.79 Å². The summed E-state index contributed by atoms with van der Waals surface area (Å²) < 4.78 is 0. The van der Waals surface area contributed by atoms with E-state index in [0.717, 1.165) is 37.2 Å². The van der Waals surface area contributed by atoms with Gasteiger partial charge in [0.25, 0.3) is 0 Å². The molecule has 1 aromatic rings. The molecule has 0 aliphatic carbocycles. The number of allylic oxidation sites excluding steroid dienone is 1. The zero-order valence-electron chi connectivity index (χ0n) is 11.9. The first-order valence-electron chi connectivity index (χ1n) is 6.92. The molecule has 0 amide bonds. The van der Waals surface area contributed by atoms with Crippen LogP contribution in [0.25, 0.3) is 0 Å². The molecule has 0 atom stereocenters.